The largest absolute Gasteiger partial charge is 0.491 e. The van der Waals surface area contributed by atoms with Crippen LogP contribution in [0, 0.1) is 5.92 Å². The number of ether oxygens (including phenoxy) is 3. The van der Waals surface area contributed by atoms with Crippen LogP contribution in [0.15, 0.2) is 0 Å². The van der Waals surface area contributed by atoms with E-state index in [9.17, 15) is 9.59 Å². The van der Waals surface area contributed by atoms with Crippen LogP contribution in [-0.4, -0.2) is 62.3 Å². The molecule has 7 nitrogen and oxygen atoms in total. The van der Waals surface area contributed by atoms with Crippen LogP contribution in [0.2, 0.25) is 10.0 Å². The van der Waals surface area contributed by atoms with Gasteiger partial charge in [0.05, 0.1) is 36.8 Å². The lowest BCUT2D eigenvalue weighted by molar-refractivity contribution is -0.138. The number of carbonyl (C=O) groups is 2. The number of amides is 2. The van der Waals surface area contributed by atoms with E-state index in [1.807, 2.05) is 6.92 Å². The highest BCUT2D eigenvalue weighted by atomic mass is 35.5. The van der Waals surface area contributed by atoms with E-state index in [-0.39, 0.29) is 17.9 Å². The molecule has 3 rings (SSSR count). The van der Waals surface area contributed by atoms with Crippen LogP contribution in [0.1, 0.15) is 43.7 Å². The molecule has 2 aliphatic rings. The van der Waals surface area contributed by atoms with Crippen LogP contribution in [0.5, 0.6) is 11.5 Å². The Kier molecular flexibility index (Phi) is 8.17. The molecule has 1 atom stereocenters. The summed E-state index contributed by atoms with van der Waals surface area (Å²) in [4.78, 5) is 29.0. The summed E-state index contributed by atoms with van der Waals surface area (Å²) in [6, 6.07) is 0. The third-order valence-electron chi connectivity index (χ3n) is 5.95. The Morgan fingerprint density at radius 3 is 2.35 bits per heavy atom. The first-order valence-electron chi connectivity index (χ1n) is 10.7. The summed E-state index contributed by atoms with van der Waals surface area (Å²) in [5.74, 6) is 0.570. The van der Waals surface area contributed by atoms with Gasteiger partial charge >= 0.3 is 6.09 Å². The molecular formula is C22H30Cl2N2O5. The summed E-state index contributed by atoms with van der Waals surface area (Å²) in [7, 11) is 3.03. The summed E-state index contributed by atoms with van der Waals surface area (Å²) in [5, 5.41) is 0.894. The Hall–Kier alpha value is -1.86. The van der Waals surface area contributed by atoms with Crippen LogP contribution in [-0.2, 0) is 22.5 Å². The maximum atomic E-state index is 13.3. The van der Waals surface area contributed by atoms with Crippen molar-refractivity contribution in [3.05, 3.63) is 21.2 Å². The van der Waals surface area contributed by atoms with E-state index >= 15 is 0 Å². The number of benzene rings is 1. The van der Waals surface area contributed by atoms with Crippen LogP contribution >= 0.6 is 23.2 Å². The Morgan fingerprint density at radius 1 is 1.03 bits per heavy atom. The summed E-state index contributed by atoms with van der Waals surface area (Å²) in [6.45, 7) is 4.35. The molecule has 1 fully saturated rings. The molecule has 0 N–H and O–H groups in total. The predicted octanol–water partition coefficient (Wildman–Crippen LogP) is 4.54. The van der Waals surface area contributed by atoms with Crippen molar-refractivity contribution in [1.82, 2.24) is 9.80 Å². The zero-order valence-electron chi connectivity index (χ0n) is 18.3. The quantitative estimate of drug-likeness (QED) is 0.568. The molecule has 0 aliphatic carbocycles. The highest BCUT2D eigenvalue weighted by Gasteiger charge is 2.35. The lowest BCUT2D eigenvalue weighted by atomic mass is 9.93. The maximum absolute atomic E-state index is 13.3. The van der Waals surface area contributed by atoms with Gasteiger partial charge in [0.2, 0.25) is 5.91 Å². The topological polar surface area (TPSA) is 68.3 Å². The molecule has 1 saturated heterocycles. The van der Waals surface area contributed by atoms with Crippen molar-refractivity contribution in [2.75, 3.05) is 40.5 Å². The first-order chi connectivity index (χ1) is 14.9. The number of likely N-dealkylation sites (tertiary alicyclic amines) is 1. The van der Waals surface area contributed by atoms with Crippen molar-refractivity contribution in [2.45, 2.75) is 45.6 Å². The summed E-state index contributed by atoms with van der Waals surface area (Å²) in [5.41, 5.74) is 1.67. The van der Waals surface area contributed by atoms with Gasteiger partial charge < -0.3 is 24.0 Å². The van der Waals surface area contributed by atoms with Gasteiger partial charge in [-0.1, -0.05) is 36.5 Å². The fourth-order valence-electron chi connectivity index (χ4n) is 4.23. The average molecular weight is 473 g/mol. The third kappa shape index (κ3) is 4.98. The average Bonchev–Trinajstić information content (AvgIpc) is 2.80. The molecule has 2 aliphatic heterocycles. The van der Waals surface area contributed by atoms with Crippen molar-refractivity contribution in [2.24, 2.45) is 5.92 Å². The first kappa shape index (κ1) is 23.8. The number of hydrogen-bond acceptors (Lipinski definition) is 5. The lowest BCUT2D eigenvalue weighted by Gasteiger charge is -2.37. The molecule has 1 aromatic rings. The smallest absolute Gasteiger partial charge is 0.409 e. The van der Waals surface area contributed by atoms with Crippen molar-refractivity contribution >= 4 is 35.2 Å². The molecule has 0 saturated carbocycles. The van der Waals surface area contributed by atoms with Crippen molar-refractivity contribution in [1.29, 1.82) is 0 Å². The number of halogens is 2. The molecule has 1 aromatic carbocycles. The second kappa shape index (κ2) is 10.6. The number of unbranched alkanes of at least 4 members (excludes halogenated alkanes) is 1. The van der Waals surface area contributed by atoms with E-state index in [2.05, 4.69) is 0 Å². The number of carbonyl (C=O) groups excluding carboxylic acids is 2. The molecule has 1 unspecified atom stereocenters. The van der Waals surface area contributed by atoms with E-state index in [0.29, 0.717) is 60.8 Å². The van der Waals surface area contributed by atoms with Gasteiger partial charge in [0.15, 0.2) is 11.5 Å². The van der Waals surface area contributed by atoms with E-state index in [1.165, 1.54) is 14.2 Å². The van der Waals surface area contributed by atoms with Gasteiger partial charge in [0, 0.05) is 26.2 Å². The van der Waals surface area contributed by atoms with E-state index in [1.54, 1.807) is 9.80 Å². The molecule has 0 spiro atoms. The van der Waals surface area contributed by atoms with E-state index in [0.717, 1.165) is 36.8 Å². The van der Waals surface area contributed by atoms with Crippen LogP contribution in [0.4, 0.5) is 4.79 Å². The highest BCUT2D eigenvalue weighted by molar-refractivity contribution is 6.37. The van der Waals surface area contributed by atoms with Crippen molar-refractivity contribution in [3.8, 4) is 11.5 Å². The normalized spacial score (nSPS) is 18.4. The van der Waals surface area contributed by atoms with Gasteiger partial charge in [-0.2, -0.15) is 0 Å². The second-order valence-corrected chi connectivity index (χ2v) is 8.67. The molecule has 0 radical (unpaired) electrons. The van der Waals surface area contributed by atoms with Crippen LogP contribution in [0.3, 0.4) is 0 Å². The fraction of sp³-hybridized carbons (Fsp3) is 0.636. The SMILES string of the molecule is CCCCOC(=O)N1CCCC(C(=O)N2CCc3c(Cl)c(OC)c(OC)c(Cl)c3C2)C1. The molecule has 0 bridgehead atoms. The van der Waals surface area contributed by atoms with Gasteiger partial charge in [0.25, 0.3) is 0 Å². The summed E-state index contributed by atoms with van der Waals surface area (Å²) >= 11 is 13.1. The monoisotopic (exact) mass is 472 g/mol. The number of hydrogen-bond donors (Lipinski definition) is 0. The predicted molar refractivity (Wildman–Crippen MR) is 119 cm³/mol. The molecule has 9 heteroatoms. The molecule has 31 heavy (non-hydrogen) atoms. The number of nitrogens with zero attached hydrogens (tertiary/aromatic N) is 2. The Morgan fingerprint density at radius 2 is 1.71 bits per heavy atom. The number of fused-ring (bicyclic) bond motifs is 1. The van der Waals surface area contributed by atoms with Gasteiger partial charge in [-0.05, 0) is 36.8 Å². The van der Waals surface area contributed by atoms with Crippen molar-refractivity contribution in [3.63, 3.8) is 0 Å². The van der Waals surface area contributed by atoms with E-state index < -0.39 is 0 Å². The second-order valence-electron chi connectivity index (χ2n) is 7.91. The Bertz CT molecular complexity index is 833. The van der Waals surface area contributed by atoms with E-state index in [4.69, 9.17) is 37.4 Å². The summed E-state index contributed by atoms with van der Waals surface area (Å²) < 4.78 is 16.1. The number of piperidine rings is 1. The number of rotatable bonds is 6. The van der Waals surface area contributed by atoms with Gasteiger partial charge in [-0.15, -0.1) is 0 Å². The fourth-order valence-corrected chi connectivity index (χ4v) is 4.94. The molecule has 172 valence electrons. The lowest BCUT2D eigenvalue weighted by Crippen LogP contribution is -2.48. The van der Waals surface area contributed by atoms with Crippen LogP contribution < -0.4 is 9.47 Å². The molecule has 2 heterocycles. The first-order valence-corrected chi connectivity index (χ1v) is 11.5. The third-order valence-corrected chi connectivity index (χ3v) is 6.75. The highest BCUT2D eigenvalue weighted by Crippen LogP contribution is 2.47. The van der Waals surface area contributed by atoms with Gasteiger partial charge in [0.1, 0.15) is 0 Å². The van der Waals surface area contributed by atoms with Crippen LogP contribution in [0.25, 0.3) is 0 Å². The zero-order chi connectivity index (χ0) is 22.5. The minimum Gasteiger partial charge on any atom is -0.491 e. The maximum Gasteiger partial charge on any atom is 0.409 e. The molecule has 2 amide bonds. The molecule has 0 aromatic heterocycles. The summed E-state index contributed by atoms with van der Waals surface area (Å²) in [6.07, 6.45) is 3.58. The zero-order valence-corrected chi connectivity index (χ0v) is 19.9. The Labute approximate surface area is 193 Å². The Balaban J connectivity index is 1.72. The minimum atomic E-state index is -0.332. The minimum absolute atomic E-state index is 0.0266. The molecular weight excluding hydrogens is 443 g/mol. The van der Waals surface area contributed by atoms with Gasteiger partial charge in [-0.3, -0.25) is 4.79 Å². The standard InChI is InChI=1S/C22H30Cl2N2O5/c1-4-5-11-31-22(28)26-9-6-7-14(12-26)21(27)25-10-8-15-16(13-25)18(24)20(30-3)19(29-2)17(15)23/h14H,4-13H2,1-3H3. The number of methoxy groups -OCH3 is 2. The van der Waals surface area contributed by atoms with Gasteiger partial charge in [-0.25, -0.2) is 4.79 Å². The van der Waals surface area contributed by atoms with Crippen molar-refractivity contribution < 1.29 is 23.8 Å².